The molecule has 1 aliphatic heterocycles. The van der Waals surface area contributed by atoms with Crippen molar-refractivity contribution in [3.63, 3.8) is 0 Å². The van der Waals surface area contributed by atoms with Crippen LogP contribution in [-0.4, -0.2) is 53.3 Å². The summed E-state index contributed by atoms with van der Waals surface area (Å²) in [6.07, 6.45) is 29.7. The molecular weight excluding hydrogens is 619 g/mol. The Morgan fingerprint density at radius 1 is 0.723 bits per heavy atom. The van der Waals surface area contributed by atoms with Crippen LogP contribution in [-0.2, 0) is 32.9 Å². The van der Waals surface area contributed by atoms with Crippen molar-refractivity contribution < 1.29 is 42.7 Å². The van der Waals surface area contributed by atoms with E-state index < -0.39 is 32.5 Å². The van der Waals surface area contributed by atoms with Crippen molar-refractivity contribution in [3.05, 3.63) is 12.2 Å². The van der Waals surface area contributed by atoms with E-state index in [-0.39, 0.29) is 19.4 Å². The second kappa shape index (κ2) is 28.6. The molecule has 47 heavy (non-hydrogen) atoms. The number of unbranched alkanes of at least 4 members (excludes halogenated alkanes) is 16. The number of hydrogen-bond donors (Lipinski definition) is 2. The first kappa shape index (κ1) is 43.8. The van der Waals surface area contributed by atoms with Crippen LogP contribution in [0.5, 0.6) is 0 Å². The Morgan fingerprint density at radius 3 is 1.89 bits per heavy atom. The van der Waals surface area contributed by atoms with E-state index in [0.29, 0.717) is 25.0 Å². The van der Waals surface area contributed by atoms with Gasteiger partial charge in [0, 0.05) is 12.8 Å². The smallest absolute Gasteiger partial charge is 0.462 e. The fourth-order valence-electron chi connectivity index (χ4n) is 5.68. The van der Waals surface area contributed by atoms with Gasteiger partial charge in [0.1, 0.15) is 6.61 Å². The van der Waals surface area contributed by atoms with Crippen molar-refractivity contribution in [1.82, 2.24) is 0 Å². The van der Waals surface area contributed by atoms with Gasteiger partial charge in [-0.25, -0.2) is 4.57 Å². The van der Waals surface area contributed by atoms with Gasteiger partial charge in [-0.05, 0) is 44.4 Å². The number of rotatable bonds is 33. The zero-order chi connectivity index (χ0) is 34.6. The van der Waals surface area contributed by atoms with Gasteiger partial charge in [0.25, 0.3) is 0 Å². The van der Waals surface area contributed by atoms with Crippen molar-refractivity contribution in [2.75, 3.05) is 13.2 Å². The number of carbonyl (C=O) groups excluding carboxylic acids is 2. The van der Waals surface area contributed by atoms with Gasteiger partial charge in [-0.2, -0.15) is 0 Å². The molecule has 10 heteroatoms. The van der Waals surface area contributed by atoms with Gasteiger partial charge >= 0.3 is 19.8 Å². The Hall–Kier alpha value is -1.25. The SMILES string of the molecule is CCCCCC1OC1C/C=C\CCCCCCCC(=O)OC[C@H](COP(=O)(O)O)OC(=O)CCCCCCCCCCCCC(C)C. The van der Waals surface area contributed by atoms with E-state index in [4.69, 9.17) is 24.0 Å². The van der Waals surface area contributed by atoms with Crippen molar-refractivity contribution in [3.8, 4) is 0 Å². The molecular formula is C37H69O9P. The maximum atomic E-state index is 12.3. The molecule has 2 unspecified atom stereocenters. The lowest BCUT2D eigenvalue weighted by atomic mass is 10.0. The predicted octanol–water partition coefficient (Wildman–Crippen LogP) is 9.91. The lowest BCUT2D eigenvalue weighted by Crippen LogP contribution is -2.29. The van der Waals surface area contributed by atoms with Crippen LogP contribution in [0, 0.1) is 5.92 Å². The second-order valence-corrected chi connectivity index (χ2v) is 15.0. The highest BCUT2D eigenvalue weighted by Crippen LogP contribution is 2.36. The molecule has 276 valence electrons. The molecule has 0 saturated carbocycles. The third kappa shape index (κ3) is 29.4. The maximum Gasteiger partial charge on any atom is 0.469 e. The molecule has 0 aliphatic carbocycles. The number of hydrogen-bond acceptors (Lipinski definition) is 7. The number of carbonyl (C=O) groups is 2. The second-order valence-electron chi connectivity index (χ2n) is 13.8. The van der Waals surface area contributed by atoms with Gasteiger partial charge in [0.15, 0.2) is 6.10 Å². The van der Waals surface area contributed by atoms with Crippen LogP contribution in [0.25, 0.3) is 0 Å². The summed E-state index contributed by atoms with van der Waals surface area (Å²) in [4.78, 5) is 42.7. The highest BCUT2D eigenvalue weighted by Gasteiger charge is 2.36. The zero-order valence-electron chi connectivity index (χ0n) is 30.0. The molecule has 1 heterocycles. The molecule has 3 atom stereocenters. The molecule has 0 bridgehead atoms. The highest BCUT2D eigenvalue weighted by molar-refractivity contribution is 7.46. The van der Waals surface area contributed by atoms with Crippen molar-refractivity contribution >= 4 is 19.8 Å². The topological polar surface area (TPSA) is 132 Å². The summed E-state index contributed by atoms with van der Waals surface area (Å²) in [7, 11) is -4.75. The van der Waals surface area contributed by atoms with Crippen LogP contribution in [0.1, 0.15) is 175 Å². The van der Waals surface area contributed by atoms with Crippen molar-refractivity contribution in [2.24, 2.45) is 5.92 Å². The molecule has 0 aromatic rings. The number of esters is 2. The van der Waals surface area contributed by atoms with E-state index >= 15 is 0 Å². The van der Waals surface area contributed by atoms with Crippen molar-refractivity contribution in [2.45, 2.75) is 193 Å². The van der Waals surface area contributed by atoms with Crippen LogP contribution in [0.15, 0.2) is 12.2 Å². The summed E-state index contributed by atoms with van der Waals surface area (Å²) in [6.45, 7) is 5.94. The van der Waals surface area contributed by atoms with E-state index in [1.165, 1.54) is 70.6 Å². The molecule has 9 nitrogen and oxygen atoms in total. The van der Waals surface area contributed by atoms with Crippen LogP contribution in [0.3, 0.4) is 0 Å². The molecule has 0 radical (unpaired) electrons. The lowest BCUT2D eigenvalue weighted by molar-refractivity contribution is -0.161. The van der Waals surface area contributed by atoms with E-state index in [2.05, 4.69) is 37.4 Å². The minimum Gasteiger partial charge on any atom is -0.462 e. The number of epoxide rings is 1. The first-order chi connectivity index (χ1) is 22.6. The van der Waals surface area contributed by atoms with Crippen LogP contribution in [0.2, 0.25) is 0 Å². The molecule has 0 aromatic heterocycles. The largest absolute Gasteiger partial charge is 0.469 e. The summed E-state index contributed by atoms with van der Waals surface area (Å²) < 4.78 is 32.0. The van der Waals surface area contributed by atoms with Gasteiger partial charge < -0.3 is 24.0 Å². The predicted molar refractivity (Wildman–Crippen MR) is 188 cm³/mol. The summed E-state index contributed by atoms with van der Waals surface area (Å²) >= 11 is 0. The molecule has 1 rings (SSSR count). The van der Waals surface area contributed by atoms with Gasteiger partial charge in [-0.15, -0.1) is 0 Å². The number of allylic oxidation sites excluding steroid dienone is 1. The Balaban J connectivity index is 2.08. The summed E-state index contributed by atoms with van der Waals surface area (Å²) in [5, 5.41) is 0. The zero-order valence-corrected chi connectivity index (χ0v) is 30.9. The average molecular weight is 689 g/mol. The lowest BCUT2D eigenvalue weighted by Gasteiger charge is -2.18. The standard InChI is InChI=1S/C37H69O9P/c1-4-5-20-26-34-35(46-34)27-22-17-13-10-11-14-18-23-28-36(38)43-30-33(31-44-47(40,41)42)45-37(39)29-24-19-15-9-7-6-8-12-16-21-25-32(2)3/h17,22,32-35H,4-16,18-21,23-31H2,1-3H3,(H2,40,41,42)/b22-17-/t33-,34?,35?/m1/s1. The normalized spacial score (nSPS) is 17.0. The highest BCUT2D eigenvalue weighted by atomic mass is 31.2. The summed E-state index contributed by atoms with van der Waals surface area (Å²) in [5.74, 6) is -0.108. The monoisotopic (exact) mass is 688 g/mol. The Morgan fingerprint density at radius 2 is 1.30 bits per heavy atom. The fraction of sp³-hybridized carbons (Fsp3) is 0.892. The molecule has 2 N–H and O–H groups in total. The Labute approximate surface area is 286 Å². The number of ether oxygens (including phenoxy) is 3. The third-order valence-corrected chi connectivity index (χ3v) is 9.12. The van der Waals surface area contributed by atoms with E-state index in [1.54, 1.807) is 0 Å². The molecule has 0 spiro atoms. The molecule has 1 aliphatic rings. The number of phosphoric acid groups is 1. The van der Waals surface area contributed by atoms with Crippen molar-refractivity contribution in [1.29, 1.82) is 0 Å². The Bertz CT molecular complexity index is 857. The summed E-state index contributed by atoms with van der Waals surface area (Å²) in [6, 6.07) is 0. The maximum absolute atomic E-state index is 12.3. The first-order valence-corrected chi connectivity index (χ1v) is 20.5. The third-order valence-electron chi connectivity index (χ3n) is 8.64. The van der Waals surface area contributed by atoms with Gasteiger partial charge in [0.05, 0.1) is 18.8 Å². The fourth-order valence-corrected chi connectivity index (χ4v) is 6.04. The average Bonchev–Trinajstić information content (AvgIpc) is 3.77. The minimum absolute atomic E-state index is 0.209. The van der Waals surface area contributed by atoms with Crippen LogP contribution >= 0.6 is 7.82 Å². The minimum atomic E-state index is -4.75. The number of phosphoric ester groups is 1. The molecule has 0 amide bonds. The molecule has 0 aromatic carbocycles. The van der Waals surface area contributed by atoms with E-state index in [9.17, 15) is 14.2 Å². The summed E-state index contributed by atoms with van der Waals surface area (Å²) in [5.41, 5.74) is 0. The molecule has 1 saturated heterocycles. The first-order valence-electron chi connectivity index (χ1n) is 19.0. The van der Waals surface area contributed by atoms with Gasteiger partial charge in [-0.1, -0.05) is 136 Å². The van der Waals surface area contributed by atoms with E-state index in [1.807, 2.05) is 0 Å². The van der Waals surface area contributed by atoms with E-state index in [0.717, 1.165) is 63.7 Å². The van der Waals surface area contributed by atoms with Crippen LogP contribution in [0.4, 0.5) is 0 Å². The Kier molecular flexibility index (Phi) is 26.6. The molecule has 1 fully saturated rings. The van der Waals surface area contributed by atoms with Crippen LogP contribution < -0.4 is 0 Å². The van der Waals surface area contributed by atoms with Gasteiger partial charge in [-0.3, -0.25) is 14.1 Å². The van der Waals surface area contributed by atoms with Gasteiger partial charge in [0.2, 0.25) is 0 Å². The quantitative estimate of drug-likeness (QED) is 0.0227.